The van der Waals surface area contributed by atoms with Gasteiger partial charge in [-0.05, 0) is 31.2 Å². The van der Waals surface area contributed by atoms with Gasteiger partial charge < -0.3 is 25.2 Å². The molecule has 0 aromatic heterocycles. The summed E-state index contributed by atoms with van der Waals surface area (Å²) in [5.74, 6) is -3.14. The van der Waals surface area contributed by atoms with E-state index in [9.17, 15) is 24.3 Å². The summed E-state index contributed by atoms with van der Waals surface area (Å²) in [5, 5.41) is 14.4. The first-order chi connectivity index (χ1) is 14.6. The number of carbonyl (C=O) groups is 4. The van der Waals surface area contributed by atoms with Gasteiger partial charge >= 0.3 is 18.0 Å². The van der Waals surface area contributed by atoms with Crippen molar-refractivity contribution in [1.29, 1.82) is 0 Å². The molecule has 9 heteroatoms. The number of aliphatic carboxylic acids is 1. The minimum atomic E-state index is -1.30. The van der Waals surface area contributed by atoms with Crippen LogP contribution in [0.5, 0.6) is 0 Å². The van der Waals surface area contributed by atoms with Crippen molar-refractivity contribution in [2.75, 3.05) is 6.61 Å². The number of ether oxygens (including phenoxy) is 2. The summed E-state index contributed by atoms with van der Waals surface area (Å²) in [6, 6.07) is 6.78. The zero-order chi connectivity index (χ0) is 23.4. The Morgan fingerprint density at radius 3 is 2.13 bits per heavy atom. The first-order valence-corrected chi connectivity index (χ1v) is 10.3. The van der Waals surface area contributed by atoms with Crippen LogP contribution in [0.15, 0.2) is 30.3 Å². The van der Waals surface area contributed by atoms with E-state index in [1.165, 1.54) is 6.92 Å². The molecule has 3 atom stereocenters. The van der Waals surface area contributed by atoms with Crippen molar-refractivity contribution in [2.45, 2.75) is 59.2 Å². The Kier molecular flexibility index (Phi) is 11.1. The van der Waals surface area contributed by atoms with Gasteiger partial charge in [0.1, 0.15) is 18.7 Å². The van der Waals surface area contributed by atoms with Crippen molar-refractivity contribution in [3.8, 4) is 0 Å². The number of carbonyl (C=O) groups excluding carboxylic acids is 3. The predicted octanol–water partition coefficient (Wildman–Crippen LogP) is 2.49. The highest BCUT2D eigenvalue weighted by Crippen LogP contribution is 2.11. The van der Waals surface area contributed by atoms with E-state index < -0.39 is 41.9 Å². The Hall–Kier alpha value is -3.10. The second-order valence-electron chi connectivity index (χ2n) is 7.68. The van der Waals surface area contributed by atoms with Gasteiger partial charge in [-0.15, -0.1) is 0 Å². The maximum Gasteiger partial charge on any atom is 0.408 e. The average Bonchev–Trinajstić information content (AvgIpc) is 2.71. The van der Waals surface area contributed by atoms with Gasteiger partial charge in [-0.25, -0.2) is 9.59 Å². The van der Waals surface area contributed by atoms with Crippen LogP contribution >= 0.6 is 0 Å². The maximum absolute atomic E-state index is 12.7. The number of carboxylic acids is 1. The number of hydrogen-bond donors (Lipinski definition) is 3. The van der Waals surface area contributed by atoms with Gasteiger partial charge in [-0.3, -0.25) is 9.59 Å². The molecule has 1 rings (SSSR count). The summed E-state index contributed by atoms with van der Waals surface area (Å²) in [6.45, 7) is 7.14. The van der Waals surface area contributed by atoms with E-state index in [0.29, 0.717) is 0 Å². The second-order valence-corrected chi connectivity index (χ2v) is 7.68. The molecule has 1 aromatic rings. The molecular formula is C22H32N2O7. The Balaban J connectivity index is 2.74. The summed E-state index contributed by atoms with van der Waals surface area (Å²) in [5.41, 5.74) is 0.793. The molecule has 0 spiro atoms. The Bertz CT molecular complexity index is 737. The number of carboxylic acid groups (broad SMARTS) is 1. The molecule has 1 aromatic carbocycles. The molecule has 0 saturated carbocycles. The van der Waals surface area contributed by atoms with Crippen molar-refractivity contribution in [1.82, 2.24) is 10.6 Å². The van der Waals surface area contributed by atoms with Crippen molar-refractivity contribution in [2.24, 2.45) is 11.8 Å². The van der Waals surface area contributed by atoms with E-state index in [1.54, 1.807) is 19.1 Å². The van der Waals surface area contributed by atoms with Crippen molar-refractivity contribution in [3.63, 3.8) is 0 Å². The van der Waals surface area contributed by atoms with Crippen LogP contribution in [-0.4, -0.2) is 47.7 Å². The van der Waals surface area contributed by atoms with E-state index in [0.717, 1.165) is 5.56 Å². The number of benzene rings is 1. The number of esters is 1. The number of rotatable bonds is 12. The molecule has 172 valence electrons. The SMILES string of the molecule is CCOC(=O)[C@@H](C)C[C@H](NC(=O)[C@H](CC(C)C)NC(=O)OCc1ccccc1)C(=O)O. The highest BCUT2D eigenvalue weighted by molar-refractivity contribution is 5.89. The van der Waals surface area contributed by atoms with Crippen LogP contribution < -0.4 is 10.6 Å². The maximum atomic E-state index is 12.7. The Morgan fingerprint density at radius 2 is 1.58 bits per heavy atom. The van der Waals surface area contributed by atoms with Gasteiger partial charge in [-0.1, -0.05) is 51.1 Å². The fourth-order valence-corrected chi connectivity index (χ4v) is 2.84. The lowest BCUT2D eigenvalue weighted by Crippen LogP contribution is -2.52. The third-order valence-electron chi connectivity index (χ3n) is 4.42. The Labute approximate surface area is 182 Å². The molecule has 2 amide bonds. The summed E-state index contributed by atoms with van der Waals surface area (Å²) < 4.78 is 10.0. The van der Waals surface area contributed by atoms with E-state index in [-0.39, 0.29) is 32.0 Å². The van der Waals surface area contributed by atoms with E-state index in [1.807, 2.05) is 32.0 Å². The molecule has 31 heavy (non-hydrogen) atoms. The molecule has 0 aliphatic rings. The van der Waals surface area contributed by atoms with Crippen LogP contribution in [0.4, 0.5) is 4.79 Å². The van der Waals surface area contributed by atoms with Crippen LogP contribution in [-0.2, 0) is 30.5 Å². The summed E-state index contributed by atoms with van der Waals surface area (Å²) in [7, 11) is 0. The molecule has 0 aliphatic carbocycles. The Morgan fingerprint density at radius 1 is 0.935 bits per heavy atom. The highest BCUT2D eigenvalue weighted by atomic mass is 16.5. The smallest absolute Gasteiger partial charge is 0.408 e. The van der Waals surface area contributed by atoms with Crippen LogP contribution in [0.2, 0.25) is 0 Å². The molecule has 0 bridgehead atoms. The number of nitrogens with one attached hydrogen (secondary N) is 2. The second kappa shape index (κ2) is 13.3. The molecular weight excluding hydrogens is 404 g/mol. The topological polar surface area (TPSA) is 131 Å². The van der Waals surface area contributed by atoms with Gasteiger partial charge in [0.05, 0.1) is 12.5 Å². The van der Waals surface area contributed by atoms with Gasteiger partial charge in [0.15, 0.2) is 0 Å². The molecule has 0 fully saturated rings. The van der Waals surface area contributed by atoms with Gasteiger partial charge in [-0.2, -0.15) is 0 Å². The molecule has 0 radical (unpaired) electrons. The lowest BCUT2D eigenvalue weighted by molar-refractivity contribution is -0.149. The monoisotopic (exact) mass is 436 g/mol. The van der Waals surface area contributed by atoms with Gasteiger partial charge in [0.25, 0.3) is 0 Å². The van der Waals surface area contributed by atoms with Crippen LogP contribution in [0.1, 0.15) is 46.1 Å². The molecule has 0 saturated heterocycles. The zero-order valence-electron chi connectivity index (χ0n) is 18.4. The van der Waals surface area contributed by atoms with Gasteiger partial charge in [0.2, 0.25) is 5.91 Å². The quantitative estimate of drug-likeness (QED) is 0.429. The third kappa shape index (κ3) is 9.97. The summed E-state index contributed by atoms with van der Waals surface area (Å²) in [6.07, 6.45) is -0.630. The summed E-state index contributed by atoms with van der Waals surface area (Å²) >= 11 is 0. The van der Waals surface area contributed by atoms with Crippen molar-refractivity contribution in [3.05, 3.63) is 35.9 Å². The molecule has 0 heterocycles. The fourth-order valence-electron chi connectivity index (χ4n) is 2.84. The summed E-state index contributed by atoms with van der Waals surface area (Å²) in [4.78, 5) is 48.3. The van der Waals surface area contributed by atoms with E-state index >= 15 is 0 Å². The lowest BCUT2D eigenvalue weighted by Gasteiger charge is -2.23. The number of hydrogen-bond acceptors (Lipinski definition) is 6. The van der Waals surface area contributed by atoms with Crippen LogP contribution in [0, 0.1) is 11.8 Å². The van der Waals surface area contributed by atoms with E-state index in [4.69, 9.17) is 9.47 Å². The van der Waals surface area contributed by atoms with Crippen LogP contribution in [0.25, 0.3) is 0 Å². The normalized spacial score (nSPS) is 13.6. The lowest BCUT2D eigenvalue weighted by atomic mass is 10.00. The molecule has 0 aliphatic heterocycles. The first kappa shape index (κ1) is 25.9. The fraction of sp³-hybridized carbons (Fsp3) is 0.545. The third-order valence-corrected chi connectivity index (χ3v) is 4.42. The van der Waals surface area contributed by atoms with Crippen molar-refractivity contribution >= 4 is 23.9 Å². The number of amides is 2. The van der Waals surface area contributed by atoms with Gasteiger partial charge in [0, 0.05) is 0 Å². The van der Waals surface area contributed by atoms with Crippen molar-refractivity contribution < 1.29 is 33.8 Å². The molecule has 3 N–H and O–H groups in total. The van der Waals surface area contributed by atoms with E-state index in [2.05, 4.69) is 10.6 Å². The highest BCUT2D eigenvalue weighted by Gasteiger charge is 2.30. The minimum Gasteiger partial charge on any atom is -0.480 e. The van der Waals surface area contributed by atoms with Crippen LogP contribution in [0.3, 0.4) is 0 Å². The zero-order valence-corrected chi connectivity index (χ0v) is 18.4. The standard InChI is InChI=1S/C22H32N2O7/c1-5-30-21(28)15(4)12-18(20(26)27)23-19(25)17(11-14(2)3)24-22(29)31-13-16-9-7-6-8-10-16/h6-10,14-15,17-18H,5,11-13H2,1-4H3,(H,23,25)(H,24,29)(H,26,27)/t15-,17-,18-/m0/s1. The first-order valence-electron chi connectivity index (χ1n) is 10.3. The molecule has 9 nitrogen and oxygen atoms in total. The largest absolute Gasteiger partial charge is 0.480 e. The average molecular weight is 437 g/mol. The predicted molar refractivity (Wildman–Crippen MR) is 113 cm³/mol. The molecule has 0 unspecified atom stereocenters. The number of alkyl carbamates (subject to hydrolysis) is 1. The minimum absolute atomic E-state index is 0.0392.